The normalized spacial score (nSPS) is 20.6. The molecule has 1 aliphatic heterocycles. The summed E-state index contributed by atoms with van der Waals surface area (Å²) in [6.07, 6.45) is 1.17. The van der Waals surface area contributed by atoms with Crippen molar-refractivity contribution in [2.75, 3.05) is 11.4 Å². The lowest BCUT2D eigenvalue weighted by Gasteiger charge is -2.17. The zero-order chi connectivity index (χ0) is 14.0. The van der Waals surface area contributed by atoms with Crippen LogP contribution in [0.25, 0.3) is 0 Å². The highest BCUT2D eigenvalue weighted by molar-refractivity contribution is 5.99. The fourth-order valence-electron chi connectivity index (χ4n) is 2.34. The maximum atomic E-state index is 11.8. The van der Waals surface area contributed by atoms with Gasteiger partial charge in [0.05, 0.1) is 5.92 Å². The molecule has 1 amide bonds. The summed E-state index contributed by atoms with van der Waals surface area (Å²) in [4.78, 5) is 24.3. The van der Waals surface area contributed by atoms with E-state index in [1.165, 1.54) is 5.56 Å². The molecular formula is C15H19NO3. The molecule has 2 atom stereocenters. The first-order chi connectivity index (χ1) is 9.02. The van der Waals surface area contributed by atoms with E-state index >= 15 is 0 Å². The molecule has 1 aliphatic rings. The van der Waals surface area contributed by atoms with Gasteiger partial charge in [-0.1, -0.05) is 26.0 Å². The molecular weight excluding hydrogens is 242 g/mol. The van der Waals surface area contributed by atoms with Gasteiger partial charge in [0.2, 0.25) is 5.91 Å². The summed E-state index contributed by atoms with van der Waals surface area (Å²) in [5.41, 5.74) is 2.04. The van der Waals surface area contributed by atoms with Gasteiger partial charge in [-0.05, 0) is 30.0 Å². The van der Waals surface area contributed by atoms with Gasteiger partial charge in [-0.3, -0.25) is 9.59 Å². The van der Waals surface area contributed by atoms with Gasteiger partial charge < -0.3 is 10.0 Å². The topological polar surface area (TPSA) is 57.6 Å². The summed E-state index contributed by atoms with van der Waals surface area (Å²) < 4.78 is 0. The molecule has 2 unspecified atom stereocenters. The third-order valence-electron chi connectivity index (χ3n) is 3.86. The Hall–Kier alpha value is -1.84. The summed E-state index contributed by atoms with van der Waals surface area (Å²) in [6, 6.07) is 7.85. The maximum absolute atomic E-state index is 11.8. The molecule has 19 heavy (non-hydrogen) atoms. The Morgan fingerprint density at radius 1 is 1.42 bits per heavy atom. The first-order valence-electron chi connectivity index (χ1n) is 6.66. The van der Waals surface area contributed by atoms with Gasteiger partial charge in [0.25, 0.3) is 0 Å². The molecule has 2 rings (SSSR count). The van der Waals surface area contributed by atoms with Crippen LogP contribution in [0.15, 0.2) is 24.3 Å². The van der Waals surface area contributed by atoms with Gasteiger partial charge in [0.1, 0.15) is 0 Å². The van der Waals surface area contributed by atoms with Crippen LogP contribution in [0.3, 0.4) is 0 Å². The van der Waals surface area contributed by atoms with E-state index in [9.17, 15) is 9.59 Å². The summed E-state index contributed by atoms with van der Waals surface area (Å²) in [7, 11) is 0. The lowest BCUT2D eigenvalue weighted by molar-refractivity contribution is -0.141. The van der Waals surface area contributed by atoms with Crippen LogP contribution in [0.1, 0.15) is 38.2 Å². The van der Waals surface area contributed by atoms with Crippen molar-refractivity contribution in [3.05, 3.63) is 29.8 Å². The molecule has 4 nitrogen and oxygen atoms in total. The molecule has 0 bridgehead atoms. The fraction of sp³-hybridized carbons (Fsp3) is 0.467. The lowest BCUT2D eigenvalue weighted by Crippen LogP contribution is -2.25. The first-order valence-corrected chi connectivity index (χ1v) is 6.66. The SMILES string of the molecule is CCC(C)c1ccc(N2CC(C(=O)O)CC2=O)cc1. The third-order valence-corrected chi connectivity index (χ3v) is 3.86. The Labute approximate surface area is 113 Å². The van der Waals surface area contributed by atoms with Crippen molar-refractivity contribution in [2.24, 2.45) is 5.92 Å². The Bertz CT molecular complexity index is 481. The molecule has 1 heterocycles. The molecule has 1 saturated heterocycles. The Morgan fingerprint density at radius 3 is 2.53 bits per heavy atom. The average molecular weight is 261 g/mol. The predicted molar refractivity (Wildman–Crippen MR) is 73.2 cm³/mol. The first kappa shape index (κ1) is 13.6. The van der Waals surface area contributed by atoms with Gasteiger partial charge in [-0.25, -0.2) is 0 Å². The molecule has 0 aromatic heterocycles. The van der Waals surface area contributed by atoms with E-state index in [1.54, 1.807) is 4.90 Å². The lowest BCUT2D eigenvalue weighted by atomic mass is 9.98. The van der Waals surface area contributed by atoms with E-state index in [0.29, 0.717) is 5.92 Å². The molecule has 0 saturated carbocycles. The minimum absolute atomic E-state index is 0.0997. The van der Waals surface area contributed by atoms with Crippen molar-refractivity contribution in [3.63, 3.8) is 0 Å². The predicted octanol–water partition coefficient (Wildman–Crippen LogP) is 2.64. The van der Waals surface area contributed by atoms with Crippen LogP contribution in [-0.2, 0) is 9.59 Å². The van der Waals surface area contributed by atoms with Crippen LogP contribution in [-0.4, -0.2) is 23.5 Å². The Morgan fingerprint density at radius 2 is 2.05 bits per heavy atom. The summed E-state index contributed by atoms with van der Waals surface area (Å²) >= 11 is 0. The average Bonchev–Trinajstić information content (AvgIpc) is 2.80. The molecule has 1 aromatic carbocycles. The van der Waals surface area contributed by atoms with E-state index in [1.807, 2.05) is 24.3 Å². The van der Waals surface area contributed by atoms with Crippen molar-refractivity contribution >= 4 is 17.6 Å². The summed E-state index contributed by atoms with van der Waals surface area (Å²) in [5.74, 6) is -1.09. The molecule has 1 N–H and O–H groups in total. The molecule has 1 aromatic rings. The van der Waals surface area contributed by atoms with Crippen molar-refractivity contribution in [1.29, 1.82) is 0 Å². The van der Waals surface area contributed by atoms with Crippen LogP contribution in [0.2, 0.25) is 0 Å². The molecule has 0 radical (unpaired) electrons. The smallest absolute Gasteiger partial charge is 0.308 e. The van der Waals surface area contributed by atoms with E-state index < -0.39 is 11.9 Å². The monoisotopic (exact) mass is 261 g/mol. The van der Waals surface area contributed by atoms with Gasteiger partial charge in [-0.15, -0.1) is 0 Å². The number of anilines is 1. The fourth-order valence-corrected chi connectivity index (χ4v) is 2.34. The number of rotatable bonds is 4. The zero-order valence-corrected chi connectivity index (χ0v) is 11.3. The molecule has 0 aliphatic carbocycles. The number of carbonyl (C=O) groups excluding carboxylic acids is 1. The van der Waals surface area contributed by atoms with Crippen molar-refractivity contribution < 1.29 is 14.7 Å². The van der Waals surface area contributed by atoms with Crippen LogP contribution in [0.4, 0.5) is 5.69 Å². The number of benzene rings is 1. The Balaban J connectivity index is 2.14. The third kappa shape index (κ3) is 2.78. The zero-order valence-electron chi connectivity index (χ0n) is 11.3. The summed E-state index contributed by atoms with van der Waals surface area (Å²) in [5, 5.41) is 8.97. The number of carboxylic acids is 1. The van der Waals surface area contributed by atoms with Crippen molar-refractivity contribution in [1.82, 2.24) is 0 Å². The quantitative estimate of drug-likeness (QED) is 0.906. The van der Waals surface area contributed by atoms with Gasteiger partial charge >= 0.3 is 5.97 Å². The minimum atomic E-state index is -0.896. The summed E-state index contributed by atoms with van der Waals surface area (Å²) in [6.45, 7) is 4.58. The maximum Gasteiger partial charge on any atom is 0.308 e. The number of amides is 1. The second-order valence-corrected chi connectivity index (χ2v) is 5.14. The highest BCUT2D eigenvalue weighted by Crippen LogP contribution is 2.27. The van der Waals surface area contributed by atoms with E-state index in [-0.39, 0.29) is 18.9 Å². The van der Waals surface area contributed by atoms with Crippen LogP contribution in [0, 0.1) is 5.92 Å². The van der Waals surface area contributed by atoms with Crippen LogP contribution in [0.5, 0.6) is 0 Å². The number of nitrogens with zero attached hydrogens (tertiary/aromatic N) is 1. The van der Waals surface area contributed by atoms with E-state index in [4.69, 9.17) is 5.11 Å². The molecule has 102 valence electrons. The number of hydrogen-bond acceptors (Lipinski definition) is 2. The highest BCUT2D eigenvalue weighted by Gasteiger charge is 2.34. The second-order valence-electron chi connectivity index (χ2n) is 5.14. The van der Waals surface area contributed by atoms with E-state index in [2.05, 4.69) is 13.8 Å². The second kappa shape index (κ2) is 5.43. The standard InChI is InChI=1S/C15H19NO3/c1-3-10(2)11-4-6-13(7-5-11)16-9-12(15(18)19)8-14(16)17/h4-7,10,12H,3,8-9H2,1-2H3,(H,18,19). The molecule has 1 fully saturated rings. The number of hydrogen-bond donors (Lipinski definition) is 1. The van der Waals surface area contributed by atoms with E-state index in [0.717, 1.165) is 12.1 Å². The molecule has 0 spiro atoms. The number of carboxylic acid groups (broad SMARTS) is 1. The van der Waals surface area contributed by atoms with Gasteiger partial charge in [0, 0.05) is 18.7 Å². The van der Waals surface area contributed by atoms with Crippen LogP contribution < -0.4 is 4.90 Å². The largest absolute Gasteiger partial charge is 0.481 e. The number of carbonyl (C=O) groups is 2. The molecule has 4 heteroatoms. The Kier molecular flexibility index (Phi) is 3.88. The minimum Gasteiger partial charge on any atom is -0.481 e. The number of aliphatic carboxylic acids is 1. The van der Waals surface area contributed by atoms with Crippen molar-refractivity contribution in [2.45, 2.75) is 32.6 Å². The van der Waals surface area contributed by atoms with Crippen LogP contribution >= 0.6 is 0 Å². The van der Waals surface area contributed by atoms with Gasteiger partial charge in [-0.2, -0.15) is 0 Å². The van der Waals surface area contributed by atoms with Crippen molar-refractivity contribution in [3.8, 4) is 0 Å². The van der Waals surface area contributed by atoms with Gasteiger partial charge in [0.15, 0.2) is 0 Å². The highest BCUT2D eigenvalue weighted by atomic mass is 16.4.